The van der Waals surface area contributed by atoms with Gasteiger partial charge < -0.3 is 14.2 Å². The lowest BCUT2D eigenvalue weighted by Crippen LogP contribution is -2.56. The van der Waals surface area contributed by atoms with E-state index in [0.29, 0.717) is 20.5 Å². The van der Waals surface area contributed by atoms with Crippen molar-refractivity contribution < 1.29 is 27.5 Å². The lowest BCUT2D eigenvalue weighted by atomic mass is 9.77. The van der Waals surface area contributed by atoms with Crippen molar-refractivity contribution in [3.63, 3.8) is 0 Å². The third kappa shape index (κ3) is 26.1. The maximum absolute atomic E-state index is 13.3. The first-order valence-corrected chi connectivity index (χ1v) is 59.6. The lowest BCUT2D eigenvalue weighted by molar-refractivity contribution is -0.200. The molecule has 360 valence electrons. The second-order valence-corrected chi connectivity index (χ2v) is 67.9. The summed E-state index contributed by atoms with van der Waals surface area (Å²) in [6, 6.07) is -0.190. The van der Waals surface area contributed by atoms with Crippen LogP contribution in [0.4, 0.5) is 13.2 Å². The summed E-state index contributed by atoms with van der Waals surface area (Å²) in [6.45, 7) is 1.37. The van der Waals surface area contributed by atoms with Crippen molar-refractivity contribution in [1.82, 2.24) is 14.5 Å². The quantitative estimate of drug-likeness (QED) is 0.434. The first-order chi connectivity index (χ1) is 30.4. The number of alkyl halides is 3. The van der Waals surface area contributed by atoms with Gasteiger partial charge in [0, 0.05) is 349 Å². The molecule has 2 aromatic rings. The normalized spacial score (nSPS) is 16.7. The van der Waals surface area contributed by atoms with Crippen LogP contribution in [0.2, 0.25) is 4.34 Å². The minimum atomic E-state index is -5.01. The van der Waals surface area contributed by atoms with Crippen molar-refractivity contribution in [2.24, 2.45) is 7.05 Å². The van der Waals surface area contributed by atoms with Crippen LogP contribution in [0.25, 0.3) is 0 Å². The number of carbonyl (C=O) groups excluding carboxylic acids is 2. The van der Waals surface area contributed by atoms with Crippen molar-refractivity contribution in [3.05, 3.63) is 39.1 Å². The van der Waals surface area contributed by atoms with E-state index in [4.69, 9.17) is 38.7 Å². The molecule has 6 nitrogen and oxygen atoms in total. The molecule has 0 aromatic carbocycles. The van der Waals surface area contributed by atoms with E-state index in [0.717, 1.165) is 4.90 Å². The monoisotopic (exact) mass is 1530 g/mol. The summed E-state index contributed by atoms with van der Waals surface area (Å²) in [5.41, 5.74) is -0.236. The summed E-state index contributed by atoms with van der Waals surface area (Å²) in [5, 5.41) is 0. The second kappa shape index (κ2) is 38.2. The average molecular weight is 1540 g/mol. The minimum Gasteiger partial charge on any atom is -0.361 e. The highest BCUT2D eigenvalue weighted by Crippen LogP contribution is 2.53. The van der Waals surface area contributed by atoms with Gasteiger partial charge in [0.1, 0.15) is 12.2 Å². The van der Waals surface area contributed by atoms with Crippen molar-refractivity contribution in [2.45, 2.75) is 43.6 Å². The van der Waals surface area contributed by atoms with Crippen LogP contribution in [-0.2, 0) is 329 Å². The Morgan fingerprint density at radius 3 is 1.44 bits per heavy atom. The number of ether oxygens (including phenoxy) is 1. The molecule has 0 saturated carbocycles. The molecule has 45 heteroatoms. The van der Waals surface area contributed by atoms with E-state index in [1.54, 1.807) is 137 Å². The number of fused-ring (bicyclic) bond motifs is 2. The Hall–Kier alpha value is 5.57. The lowest BCUT2D eigenvalue weighted by Gasteiger charge is -2.50. The topological polar surface area (TPSA) is 64.4 Å². The highest BCUT2D eigenvalue weighted by Gasteiger charge is 2.56. The summed E-state index contributed by atoms with van der Waals surface area (Å²) in [4.78, 5) is 30.1. The van der Waals surface area contributed by atoms with Crippen LogP contribution in [-0.4, -0.2) is 45.0 Å². The van der Waals surface area contributed by atoms with Crippen molar-refractivity contribution >= 4 is 341 Å². The van der Waals surface area contributed by atoms with Crippen LogP contribution in [0.1, 0.15) is 46.7 Å². The number of aromatic nitrogens is 2. The Balaban J connectivity index is 0.000000338. The third-order valence-electron chi connectivity index (χ3n) is 6.26. The average Bonchev–Trinajstić information content (AvgIpc) is 3.88. The number of hydrogen-bond acceptors (Lipinski definition) is 7. The molecule has 0 N–H and O–H groups in total. The number of ketones is 1. The highest BCUT2D eigenvalue weighted by molar-refractivity contribution is 8.80. The number of thiophene rings is 1. The van der Waals surface area contributed by atoms with E-state index in [2.05, 4.69) is 4.98 Å². The van der Waals surface area contributed by atoms with Gasteiger partial charge >= 0.3 is 12.1 Å². The zero-order valence-corrected chi connectivity index (χ0v) is 58.7. The Morgan fingerprint density at radius 1 is 0.730 bits per heavy atom. The molecule has 4 heterocycles. The molecular weight excluding hydrogens is 1520 g/mol. The maximum Gasteiger partial charge on any atom is 0.471 e. The SMILES string of the molecule is CC1CC2(CC(c3cn(C)cn3)N1C(=O)C(F)(F)F)OCC(=O)c1cc(Cl)sc12.S=S=S=S=S=S=S=S=S=S=S=S=S=S=S=S=S=S=S=S=S=S=S=S=S=S=S=S=S=S=S=S=S=S. The molecule has 1 fully saturated rings. The summed E-state index contributed by atoms with van der Waals surface area (Å²) < 4.78 is 47.9. The predicted octanol–water partition coefficient (Wildman–Crippen LogP) is 3.78. The third-order valence-corrected chi connectivity index (χ3v) is 76.6. The Kier molecular flexibility index (Phi) is 38.1. The van der Waals surface area contributed by atoms with E-state index in [1.807, 2.05) is 160 Å². The number of rotatable bonds is 1. The predicted molar refractivity (Wildman–Crippen MR) is 349 cm³/mol. The van der Waals surface area contributed by atoms with Gasteiger partial charge in [0.2, 0.25) is 0 Å². The first-order valence-electron chi connectivity index (χ1n) is 14.4. The summed E-state index contributed by atoms with van der Waals surface area (Å²) in [5.74, 6) is -2.13. The van der Waals surface area contributed by atoms with Gasteiger partial charge in [0.15, 0.2) is 5.78 Å². The molecule has 0 aliphatic carbocycles. The van der Waals surface area contributed by atoms with E-state index in [1.165, 1.54) is 35.4 Å². The molecule has 3 unspecified atom stereocenters. The van der Waals surface area contributed by atoms with Crippen LogP contribution < -0.4 is 0 Å². The number of hydrogen-bond donors (Lipinski definition) is 0. The number of halogens is 4. The molecule has 2 aromatic heterocycles. The van der Waals surface area contributed by atoms with E-state index in [-0.39, 0.29) is 25.2 Å². The fraction of sp³-hybridized carbons (Fsp3) is 0.500. The van der Waals surface area contributed by atoms with Crippen molar-refractivity contribution in [2.75, 3.05) is 6.61 Å². The summed E-state index contributed by atoms with van der Waals surface area (Å²) in [6.07, 6.45) is -1.78. The zero-order valence-electron chi connectivity index (χ0n) is 29.4. The number of nitrogens with zero attached hydrogens (tertiary/aromatic N) is 3. The molecule has 3 atom stereocenters. The molecule has 1 saturated heterocycles. The van der Waals surface area contributed by atoms with Gasteiger partial charge in [-0.3, -0.25) is 9.59 Å². The standard InChI is InChI=1S/C18H17ClF3N3O3S.S34/c1-9-4-17(15-10(3-14(19)29-15)13(26)7-28-17)5-12(11-6-24(2)8-23-11)25(9)16(27)18(20,21)22;1-3-5-7-9-11-13-15-17-19-21-23-25-27-29-31-33-34-32-30-28-26-24-22-20-18-16-14-12-10-8-6-4-2/h3,6,8-9,12H,4-5,7H2,1-2H3;. The fourth-order valence-corrected chi connectivity index (χ4v) is 88.4. The number of likely N-dealkylation sites (tertiary alicyclic amines) is 1. The largest absolute Gasteiger partial charge is 0.471 e. The molecule has 0 radical (unpaired) electrons. The molecule has 0 bridgehead atoms. The molecule has 1 amide bonds. The minimum absolute atomic E-state index is 0.0489. The Bertz CT molecular complexity index is 3430. The highest BCUT2D eigenvalue weighted by atomic mass is 35.5. The van der Waals surface area contributed by atoms with Gasteiger partial charge in [-0.15, -0.1) is 11.3 Å². The number of amides is 1. The van der Waals surface area contributed by atoms with Crippen LogP contribution >= 0.6 is 22.9 Å². The number of piperidine rings is 1. The Morgan fingerprint density at radius 2 is 1.11 bits per heavy atom. The smallest absolute Gasteiger partial charge is 0.361 e. The van der Waals surface area contributed by atoms with Gasteiger partial charge in [-0.1, -0.05) is 11.6 Å². The fourth-order valence-electron chi connectivity index (χ4n) is 4.61. The number of aryl methyl sites for hydroxylation is 1. The molecular formula is C18H17ClF3N3O3S35. The van der Waals surface area contributed by atoms with E-state index >= 15 is 0 Å². The molecule has 2 aliphatic rings. The number of carbonyl (C=O) groups is 2. The van der Waals surface area contributed by atoms with Crippen LogP contribution in [0, 0.1) is 0 Å². The van der Waals surface area contributed by atoms with Gasteiger partial charge in [-0.2, -0.15) is 13.2 Å². The van der Waals surface area contributed by atoms with Gasteiger partial charge in [-0.25, -0.2) is 4.98 Å². The maximum atomic E-state index is 13.3. The van der Waals surface area contributed by atoms with Gasteiger partial charge in [0.05, 0.1) is 22.4 Å². The van der Waals surface area contributed by atoms with E-state index < -0.39 is 29.8 Å². The second-order valence-electron chi connectivity index (χ2n) is 9.62. The first kappa shape index (κ1) is 62.9. The van der Waals surface area contributed by atoms with Crippen molar-refractivity contribution in [1.29, 1.82) is 0 Å². The molecule has 63 heavy (non-hydrogen) atoms. The van der Waals surface area contributed by atoms with Gasteiger partial charge in [0.25, 0.3) is 0 Å². The summed E-state index contributed by atoms with van der Waals surface area (Å²) >= 11 is 16.9. The van der Waals surface area contributed by atoms with Crippen LogP contribution in [0.5, 0.6) is 0 Å². The molecule has 1 spiro atoms. The number of Topliss-reactive ketones (excluding diaryl/α,β-unsaturated/α-hetero) is 1. The molecule has 2 aliphatic heterocycles. The summed E-state index contributed by atoms with van der Waals surface area (Å²) in [7, 11) is 58.1. The van der Waals surface area contributed by atoms with Crippen molar-refractivity contribution in [3.8, 4) is 0 Å². The Labute approximate surface area is 469 Å². The van der Waals surface area contributed by atoms with Gasteiger partial charge in [-0.05, 0) is 13.0 Å². The van der Waals surface area contributed by atoms with Crippen LogP contribution in [0.15, 0.2) is 18.6 Å². The van der Waals surface area contributed by atoms with Crippen LogP contribution in [0.3, 0.4) is 0 Å². The van der Waals surface area contributed by atoms with E-state index in [9.17, 15) is 22.8 Å². The zero-order chi connectivity index (χ0) is 45.8. The molecule has 4 rings (SSSR count). The number of imidazole rings is 1.